The van der Waals surface area contributed by atoms with Crippen molar-refractivity contribution >= 4 is 22.6 Å². The lowest BCUT2D eigenvalue weighted by atomic mass is 10.1. The summed E-state index contributed by atoms with van der Waals surface area (Å²) in [6.45, 7) is 5.90. The number of fused-ring (bicyclic) bond motifs is 1. The second-order valence-electron chi connectivity index (χ2n) is 8.12. The van der Waals surface area contributed by atoms with Crippen LogP contribution < -0.4 is 15.8 Å². The van der Waals surface area contributed by atoms with Crippen LogP contribution in [-0.2, 0) is 6.54 Å². The molecule has 1 fully saturated rings. The fourth-order valence-corrected chi connectivity index (χ4v) is 4.17. The number of nitrogens with one attached hydrogen (secondary N) is 2. The second-order valence-corrected chi connectivity index (χ2v) is 8.12. The Morgan fingerprint density at radius 1 is 1.30 bits per heavy atom. The number of hydrogen-bond acceptors (Lipinski definition) is 7. The minimum absolute atomic E-state index is 0.0335. The van der Waals surface area contributed by atoms with Crippen molar-refractivity contribution in [3.63, 3.8) is 0 Å². The van der Waals surface area contributed by atoms with Crippen molar-refractivity contribution in [1.29, 1.82) is 5.26 Å². The van der Waals surface area contributed by atoms with Gasteiger partial charge < -0.3 is 15.2 Å². The summed E-state index contributed by atoms with van der Waals surface area (Å²) in [6, 6.07) is 8.89. The molecular formula is C23H24FN7O2. The average molecular weight is 449 g/mol. The summed E-state index contributed by atoms with van der Waals surface area (Å²) in [7, 11) is 1.51. The molecule has 1 amide bonds. The Labute approximate surface area is 189 Å². The maximum atomic E-state index is 15.1. The van der Waals surface area contributed by atoms with E-state index in [4.69, 9.17) is 0 Å². The molecule has 33 heavy (non-hydrogen) atoms. The first-order valence-electron chi connectivity index (χ1n) is 10.6. The molecule has 1 aromatic carbocycles. The fraction of sp³-hybridized carbons (Fsp3) is 0.348. The molecule has 0 bridgehead atoms. The quantitative estimate of drug-likeness (QED) is 0.622. The number of aromatic nitrogens is 3. The topological polar surface area (TPSA) is 118 Å². The van der Waals surface area contributed by atoms with Gasteiger partial charge in [0.1, 0.15) is 23.0 Å². The van der Waals surface area contributed by atoms with Crippen LogP contribution in [0.25, 0.3) is 11.0 Å². The number of piperazine rings is 1. The summed E-state index contributed by atoms with van der Waals surface area (Å²) in [5.74, 6) is -0.812. The van der Waals surface area contributed by atoms with Gasteiger partial charge >= 0.3 is 0 Å². The van der Waals surface area contributed by atoms with Crippen molar-refractivity contribution in [3.8, 4) is 6.07 Å². The van der Waals surface area contributed by atoms with Crippen LogP contribution in [0.2, 0.25) is 0 Å². The molecule has 0 unspecified atom stereocenters. The molecule has 0 saturated carbocycles. The summed E-state index contributed by atoms with van der Waals surface area (Å²) in [5.41, 5.74) is 1.99. The molecule has 0 aliphatic carbocycles. The first-order valence-corrected chi connectivity index (χ1v) is 10.6. The van der Waals surface area contributed by atoms with E-state index in [0.717, 1.165) is 0 Å². The Bertz CT molecular complexity index is 1330. The minimum Gasteiger partial charge on any atom is -0.364 e. The van der Waals surface area contributed by atoms with Crippen molar-refractivity contribution in [2.24, 2.45) is 0 Å². The molecule has 0 radical (unpaired) electrons. The number of H-pyrrole nitrogens is 1. The van der Waals surface area contributed by atoms with E-state index in [1.54, 1.807) is 31.2 Å². The number of aromatic amines is 1. The Kier molecular flexibility index (Phi) is 6.07. The second kappa shape index (κ2) is 8.96. The maximum absolute atomic E-state index is 15.1. The zero-order valence-electron chi connectivity index (χ0n) is 18.6. The number of pyridine rings is 1. The molecule has 1 atom stereocenters. The standard InChI is InChI=1S/C23H24FN7O2/c1-13-11-30(12-15-4-5-16-21(20(15)24)29-22(32)14(2)27-16)8-9-31(13)19-7-6-17(23(33)26-3)28-18(19)10-25/h4-7,13H,8-9,11-12H2,1-3H3,(H,26,33)(H,29,32)/t13-/m1/s1. The van der Waals surface area contributed by atoms with Gasteiger partial charge in [0, 0.05) is 44.8 Å². The van der Waals surface area contributed by atoms with Gasteiger partial charge in [-0.05, 0) is 32.0 Å². The summed E-state index contributed by atoms with van der Waals surface area (Å²) in [5, 5.41) is 12.1. The number of aryl methyl sites for hydroxylation is 1. The number of carbonyl (C=O) groups is 1. The Morgan fingerprint density at radius 3 is 2.79 bits per heavy atom. The fourth-order valence-electron chi connectivity index (χ4n) is 4.17. The number of benzene rings is 1. The Morgan fingerprint density at radius 2 is 2.09 bits per heavy atom. The summed E-state index contributed by atoms with van der Waals surface area (Å²) < 4.78 is 15.1. The van der Waals surface area contributed by atoms with Gasteiger partial charge in [0.15, 0.2) is 11.5 Å². The summed E-state index contributed by atoms with van der Waals surface area (Å²) in [4.78, 5) is 38.9. The smallest absolute Gasteiger partial charge is 0.269 e. The molecule has 170 valence electrons. The third kappa shape index (κ3) is 4.27. The number of nitrogens with zero attached hydrogens (tertiary/aromatic N) is 5. The number of amides is 1. The number of nitriles is 1. The molecule has 1 aliphatic rings. The first kappa shape index (κ1) is 22.4. The van der Waals surface area contributed by atoms with Gasteiger partial charge in [-0.3, -0.25) is 14.5 Å². The molecule has 9 nitrogen and oxygen atoms in total. The van der Waals surface area contributed by atoms with Crippen molar-refractivity contribution in [3.05, 3.63) is 63.1 Å². The van der Waals surface area contributed by atoms with Crippen molar-refractivity contribution < 1.29 is 9.18 Å². The highest BCUT2D eigenvalue weighted by molar-refractivity contribution is 5.92. The molecule has 1 saturated heterocycles. The van der Waals surface area contributed by atoms with Gasteiger partial charge in [0.25, 0.3) is 11.5 Å². The van der Waals surface area contributed by atoms with Crippen molar-refractivity contribution in [2.45, 2.75) is 26.4 Å². The van der Waals surface area contributed by atoms with Crippen molar-refractivity contribution in [2.75, 3.05) is 31.6 Å². The van der Waals surface area contributed by atoms with Crippen LogP contribution >= 0.6 is 0 Å². The van der Waals surface area contributed by atoms with Crippen LogP contribution in [0, 0.1) is 24.1 Å². The number of carbonyl (C=O) groups excluding carboxylic acids is 1. The molecular weight excluding hydrogens is 425 g/mol. The normalized spacial score (nSPS) is 16.6. The number of anilines is 1. The zero-order chi connectivity index (χ0) is 23.7. The maximum Gasteiger partial charge on any atom is 0.269 e. The summed E-state index contributed by atoms with van der Waals surface area (Å²) in [6.07, 6.45) is 0. The van der Waals surface area contributed by atoms with E-state index in [1.165, 1.54) is 7.05 Å². The molecule has 0 spiro atoms. The van der Waals surface area contributed by atoms with E-state index in [9.17, 15) is 14.9 Å². The predicted octanol–water partition coefficient (Wildman–Crippen LogP) is 1.71. The largest absolute Gasteiger partial charge is 0.364 e. The van der Waals surface area contributed by atoms with E-state index >= 15 is 4.39 Å². The van der Waals surface area contributed by atoms with Gasteiger partial charge in [-0.2, -0.15) is 5.26 Å². The summed E-state index contributed by atoms with van der Waals surface area (Å²) >= 11 is 0. The number of halogens is 1. The van der Waals surface area contributed by atoms with E-state index < -0.39 is 11.4 Å². The monoisotopic (exact) mass is 449 g/mol. The number of rotatable bonds is 4. The van der Waals surface area contributed by atoms with Crippen LogP contribution in [-0.4, -0.2) is 58.5 Å². The van der Waals surface area contributed by atoms with Gasteiger partial charge in [-0.25, -0.2) is 14.4 Å². The van der Waals surface area contributed by atoms with E-state index in [2.05, 4.69) is 36.1 Å². The highest BCUT2D eigenvalue weighted by Crippen LogP contribution is 2.26. The average Bonchev–Trinajstić information content (AvgIpc) is 2.81. The molecule has 10 heteroatoms. The van der Waals surface area contributed by atoms with Crippen LogP contribution in [0.15, 0.2) is 29.1 Å². The lowest BCUT2D eigenvalue weighted by Gasteiger charge is -2.41. The van der Waals surface area contributed by atoms with Crippen LogP contribution in [0.4, 0.5) is 10.1 Å². The Balaban J connectivity index is 1.52. The van der Waals surface area contributed by atoms with Crippen molar-refractivity contribution in [1.82, 2.24) is 25.2 Å². The van der Waals surface area contributed by atoms with Crippen LogP contribution in [0.3, 0.4) is 0 Å². The van der Waals surface area contributed by atoms with Gasteiger partial charge in [-0.1, -0.05) is 6.07 Å². The highest BCUT2D eigenvalue weighted by atomic mass is 19.1. The number of hydrogen-bond donors (Lipinski definition) is 2. The first-order chi connectivity index (χ1) is 15.8. The Hall–Kier alpha value is -3.84. The predicted molar refractivity (Wildman–Crippen MR) is 121 cm³/mol. The molecule has 3 heterocycles. The van der Waals surface area contributed by atoms with Crippen LogP contribution in [0.1, 0.15) is 34.4 Å². The van der Waals surface area contributed by atoms with E-state index in [-0.39, 0.29) is 28.9 Å². The lowest BCUT2D eigenvalue weighted by molar-refractivity contribution is 0.0958. The molecule has 2 N–H and O–H groups in total. The third-order valence-electron chi connectivity index (χ3n) is 5.91. The SMILES string of the molecule is CNC(=O)c1ccc(N2CCN(Cc3ccc4nc(C)c(=O)[nH]c4c3F)C[C@H]2C)c(C#N)n1. The van der Waals surface area contributed by atoms with Crippen LogP contribution in [0.5, 0.6) is 0 Å². The molecule has 2 aromatic heterocycles. The van der Waals surface area contributed by atoms with E-state index in [1.807, 2.05) is 6.92 Å². The zero-order valence-corrected chi connectivity index (χ0v) is 18.6. The third-order valence-corrected chi connectivity index (χ3v) is 5.91. The minimum atomic E-state index is -0.465. The van der Waals surface area contributed by atoms with Gasteiger partial charge in [-0.15, -0.1) is 0 Å². The van der Waals surface area contributed by atoms with Gasteiger partial charge in [0.2, 0.25) is 0 Å². The molecule has 3 aromatic rings. The lowest BCUT2D eigenvalue weighted by Crippen LogP contribution is -2.52. The molecule has 4 rings (SSSR count). The molecule has 1 aliphatic heterocycles. The van der Waals surface area contributed by atoms with E-state index in [0.29, 0.717) is 48.6 Å². The van der Waals surface area contributed by atoms with Gasteiger partial charge in [0.05, 0.1) is 11.2 Å². The highest BCUT2D eigenvalue weighted by Gasteiger charge is 2.27.